The van der Waals surface area contributed by atoms with Crippen molar-refractivity contribution in [3.63, 3.8) is 0 Å². The van der Waals surface area contributed by atoms with Crippen LogP contribution < -0.4 is 0 Å². The quantitative estimate of drug-likeness (QED) is 0.669. The molecular formula is C12H14N2. The van der Waals surface area contributed by atoms with Crippen LogP contribution >= 0.6 is 0 Å². The average Bonchev–Trinajstić information content (AvgIpc) is 2.88. The van der Waals surface area contributed by atoms with Crippen molar-refractivity contribution in [2.24, 2.45) is 0 Å². The highest BCUT2D eigenvalue weighted by molar-refractivity contribution is 5.46. The lowest BCUT2D eigenvalue weighted by Crippen LogP contribution is -1.95. The van der Waals surface area contributed by atoms with E-state index in [1.54, 1.807) is 0 Å². The lowest BCUT2D eigenvalue weighted by atomic mass is 10.00. The number of aromatic nitrogens is 2. The maximum atomic E-state index is 4.27. The molecule has 0 atom stereocenters. The lowest BCUT2D eigenvalue weighted by Gasteiger charge is -2.08. The Morgan fingerprint density at radius 2 is 2.00 bits per heavy atom. The molecule has 3 rings (SSSR count). The van der Waals surface area contributed by atoms with Gasteiger partial charge in [-0.15, -0.1) is 0 Å². The van der Waals surface area contributed by atoms with Crippen molar-refractivity contribution in [2.45, 2.75) is 31.6 Å². The van der Waals surface area contributed by atoms with Crippen LogP contribution in [-0.4, -0.2) is 9.61 Å². The summed E-state index contributed by atoms with van der Waals surface area (Å²) in [4.78, 5) is 0. The molecule has 0 spiro atoms. The first-order chi connectivity index (χ1) is 6.93. The Balaban J connectivity index is 2.04. The number of hydrogen-bond acceptors (Lipinski definition) is 1. The Morgan fingerprint density at radius 1 is 1.14 bits per heavy atom. The summed E-state index contributed by atoms with van der Waals surface area (Å²) in [5.41, 5.74) is 2.64. The summed E-state index contributed by atoms with van der Waals surface area (Å²) in [6.45, 7) is 0. The number of fused-ring (bicyclic) bond motifs is 1. The first-order valence-electron chi connectivity index (χ1n) is 5.37. The molecule has 2 heterocycles. The van der Waals surface area contributed by atoms with Crippen LogP contribution in [0.25, 0.3) is 5.52 Å². The first-order valence-corrected chi connectivity index (χ1v) is 5.37. The van der Waals surface area contributed by atoms with E-state index in [4.69, 9.17) is 0 Å². The predicted octanol–water partition coefficient (Wildman–Crippen LogP) is 2.99. The third kappa shape index (κ3) is 1.22. The molecule has 2 nitrogen and oxygen atoms in total. The summed E-state index contributed by atoms with van der Waals surface area (Å²) in [6.07, 6.45) is 9.53. The van der Waals surface area contributed by atoms with Gasteiger partial charge in [-0.3, -0.25) is 0 Å². The zero-order chi connectivity index (χ0) is 9.38. The summed E-state index contributed by atoms with van der Waals surface area (Å²) < 4.78 is 1.98. The Labute approximate surface area is 83.6 Å². The van der Waals surface area contributed by atoms with Gasteiger partial charge in [-0.25, -0.2) is 4.52 Å². The van der Waals surface area contributed by atoms with E-state index < -0.39 is 0 Å². The van der Waals surface area contributed by atoms with Crippen LogP contribution in [0.3, 0.4) is 0 Å². The molecule has 1 saturated carbocycles. The summed E-state index contributed by atoms with van der Waals surface area (Å²) in [5.74, 6) is 0.781. The minimum atomic E-state index is 0.781. The summed E-state index contributed by atoms with van der Waals surface area (Å²) >= 11 is 0. The Kier molecular flexibility index (Phi) is 1.79. The van der Waals surface area contributed by atoms with Crippen molar-refractivity contribution >= 4 is 5.52 Å². The van der Waals surface area contributed by atoms with E-state index in [0.29, 0.717) is 0 Å². The second kappa shape index (κ2) is 3.12. The van der Waals surface area contributed by atoms with Gasteiger partial charge in [0.2, 0.25) is 0 Å². The van der Waals surface area contributed by atoms with Crippen LogP contribution in [0.2, 0.25) is 0 Å². The fourth-order valence-corrected chi connectivity index (χ4v) is 2.43. The first kappa shape index (κ1) is 8.04. The van der Waals surface area contributed by atoms with Crippen LogP contribution in [0.5, 0.6) is 0 Å². The van der Waals surface area contributed by atoms with Gasteiger partial charge in [0, 0.05) is 12.4 Å². The molecule has 0 saturated heterocycles. The fourth-order valence-electron chi connectivity index (χ4n) is 2.43. The molecule has 0 amide bonds. The van der Waals surface area contributed by atoms with Crippen molar-refractivity contribution in [3.8, 4) is 0 Å². The summed E-state index contributed by atoms with van der Waals surface area (Å²) in [5, 5.41) is 4.27. The van der Waals surface area contributed by atoms with Crippen molar-refractivity contribution in [1.29, 1.82) is 0 Å². The zero-order valence-corrected chi connectivity index (χ0v) is 8.19. The number of pyridine rings is 1. The summed E-state index contributed by atoms with van der Waals surface area (Å²) in [7, 11) is 0. The number of rotatable bonds is 1. The minimum Gasteiger partial charge on any atom is -0.241 e. The van der Waals surface area contributed by atoms with Crippen LogP contribution in [0.1, 0.15) is 37.2 Å². The van der Waals surface area contributed by atoms with Gasteiger partial charge in [-0.1, -0.05) is 18.9 Å². The van der Waals surface area contributed by atoms with Gasteiger partial charge in [0.25, 0.3) is 0 Å². The van der Waals surface area contributed by atoms with Gasteiger partial charge >= 0.3 is 0 Å². The van der Waals surface area contributed by atoms with Crippen LogP contribution in [0.4, 0.5) is 0 Å². The fraction of sp³-hybridized carbons (Fsp3) is 0.417. The van der Waals surface area contributed by atoms with Crippen molar-refractivity contribution < 1.29 is 0 Å². The van der Waals surface area contributed by atoms with Crippen molar-refractivity contribution in [1.82, 2.24) is 9.61 Å². The third-order valence-electron chi connectivity index (χ3n) is 3.25. The van der Waals surface area contributed by atoms with E-state index in [0.717, 1.165) is 5.92 Å². The molecule has 2 aromatic rings. The maximum absolute atomic E-state index is 4.27. The molecule has 72 valence electrons. The molecule has 1 aliphatic rings. The molecule has 0 radical (unpaired) electrons. The number of nitrogens with zero attached hydrogens (tertiary/aromatic N) is 2. The Hall–Kier alpha value is -1.31. The molecule has 0 N–H and O–H groups in total. The highest BCUT2D eigenvalue weighted by Gasteiger charge is 2.17. The van der Waals surface area contributed by atoms with E-state index >= 15 is 0 Å². The van der Waals surface area contributed by atoms with Gasteiger partial charge < -0.3 is 0 Å². The standard InChI is InChI=1S/C12H14N2/c1-2-4-10(3-1)11-5-6-12-7-8-13-14(12)9-11/h5-10H,1-4H2. The molecule has 2 heteroatoms. The van der Waals surface area contributed by atoms with Crippen molar-refractivity contribution in [2.75, 3.05) is 0 Å². The molecule has 0 bridgehead atoms. The highest BCUT2D eigenvalue weighted by Crippen LogP contribution is 2.33. The minimum absolute atomic E-state index is 0.781. The van der Waals surface area contributed by atoms with E-state index in [1.807, 2.05) is 16.8 Å². The van der Waals surface area contributed by atoms with E-state index in [-0.39, 0.29) is 0 Å². The number of hydrogen-bond donors (Lipinski definition) is 0. The second-order valence-corrected chi connectivity index (χ2v) is 4.14. The van der Waals surface area contributed by atoms with Crippen LogP contribution in [-0.2, 0) is 0 Å². The molecule has 1 aliphatic carbocycles. The van der Waals surface area contributed by atoms with E-state index in [2.05, 4.69) is 23.4 Å². The lowest BCUT2D eigenvalue weighted by molar-refractivity contribution is 0.713. The second-order valence-electron chi connectivity index (χ2n) is 4.14. The third-order valence-corrected chi connectivity index (χ3v) is 3.25. The smallest absolute Gasteiger partial charge is 0.0661 e. The molecule has 2 aromatic heterocycles. The van der Waals surface area contributed by atoms with Gasteiger partial charge in [0.1, 0.15) is 0 Å². The van der Waals surface area contributed by atoms with Crippen LogP contribution in [0.15, 0.2) is 30.6 Å². The normalized spacial score (nSPS) is 18.0. The van der Waals surface area contributed by atoms with Gasteiger partial charge in [-0.2, -0.15) is 5.10 Å². The largest absolute Gasteiger partial charge is 0.241 e. The van der Waals surface area contributed by atoms with Gasteiger partial charge in [0.15, 0.2) is 0 Å². The van der Waals surface area contributed by atoms with Crippen molar-refractivity contribution in [3.05, 3.63) is 36.2 Å². The van der Waals surface area contributed by atoms with Gasteiger partial charge in [0.05, 0.1) is 5.52 Å². The zero-order valence-electron chi connectivity index (χ0n) is 8.19. The van der Waals surface area contributed by atoms with Gasteiger partial charge in [-0.05, 0) is 36.5 Å². The summed E-state index contributed by atoms with van der Waals surface area (Å²) in [6, 6.07) is 6.46. The Bertz CT molecular complexity index is 438. The van der Waals surface area contributed by atoms with Crippen LogP contribution in [0, 0.1) is 0 Å². The molecule has 1 fully saturated rings. The molecule has 0 aromatic carbocycles. The SMILES string of the molecule is c1cc2ccc(C3CCCC3)cn2n1. The molecular weight excluding hydrogens is 172 g/mol. The molecule has 14 heavy (non-hydrogen) atoms. The Morgan fingerprint density at radius 3 is 2.86 bits per heavy atom. The highest BCUT2D eigenvalue weighted by atomic mass is 15.2. The predicted molar refractivity (Wildman–Crippen MR) is 56.4 cm³/mol. The average molecular weight is 186 g/mol. The van der Waals surface area contributed by atoms with E-state index in [9.17, 15) is 0 Å². The molecule has 0 aliphatic heterocycles. The molecule has 0 unspecified atom stereocenters. The monoisotopic (exact) mass is 186 g/mol. The van der Waals surface area contributed by atoms with E-state index in [1.165, 1.54) is 36.8 Å². The maximum Gasteiger partial charge on any atom is 0.0661 e. The topological polar surface area (TPSA) is 17.3 Å².